The van der Waals surface area contributed by atoms with Crippen LogP contribution in [-0.4, -0.2) is 24.0 Å². The quantitative estimate of drug-likeness (QED) is 0.825. The number of nitrogens with one attached hydrogen (secondary N) is 1. The minimum atomic E-state index is 0.0565. The summed E-state index contributed by atoms with van der Waals surface area (Å²) in [5.74, 6) is 1.73. The molecular formula is C13H18N2O2S. The van der Waals surface area contributed by atoms with Crippen LogP contribution in [0.4, 0.5) is 11.4 Å². The summed E-state index contributed by atoms with van der Waals surface area (Å²) in [5, 5.41) is 2.97. The normalized spacial score (nSPS) is 19.3. The molecule has 98 valence electrons. The summed E-state index contributed by atoms with van der Waals surface area (Å²) in [5.41, 5.74) is 6.99. The summed E-state index contributed by atoms with van der Waals surface area (Å²) in [6, 6.07) is 5.25. The number of thioether (sulfide) groups is 1. The molecule has 18 heavy (non-hydrogen) atoms. The topological polar surface area (TPSA) is 64.3 Å². The molecule has 1 aliphatic heterocycles. The number of hydrogen-bond donors (Lipinski definition) is 2. The first kappa shape index (κ1) is 13.1. The van der Waals surface area contributed by atoms with Gasteiger partial charge in [0.25, 0.3) is 0 Å². The number of ether oxygens (including phenoxy) is 1. The minimum Gasteiger partial charge on any atom is -0.494 e. The second-order valence-electron chi connectivity index (χ2n) is 4.30. The van der Waals surface area contributed by atoms with Gasteiger partial charge in [0.2, 0.25) is 5.91 Å². The Bertz CT molecular complexity index is 431. The van der Waals surface area contributed by atoms with Crippen molar-refractivity contribution in [3.05, 3.63) is 18.2 Å². The summed E-state index contributed by atoms with van der Waals surface area (Å²) in [6.07, 6.45) is 3.29. The summed E-state index contributed by atoms with van der Waals surface area (Å²) < 4.78 is 5.21. The summed E-state index contributed by atoms with van der Waals surface area (Å²) >= 11 is 1.73. The number of nitrogens with two attached hydrogens (primary N) is 1. The van der Waals surface area contributed by atoms with Gasteiger partial charge in [0.1, 0.15) is 5.75 Å². The number of carbonyl (C=O) groups is 1. The van der Waals surface area contributed by atoms with Crippen molar-refractivity contribution in [3.63, 3.8) is 0 Å². The van der Waals surface area contributed by atoms with E-state index in [0.29, 0.717) is 17.1 Å². The van der Waals surface area contributed by atoms with Gasteiger partial charge in [0, 0.05) is 11.8 Å². The molecule has 1 atom stereocenters. The van der Waals surface area contributed by atoms with Crippen LogP contribution in [0, 0.1) is 0 Å². The Balaban J connectivity index is 2.06. The van der Waals surface area contributed by atoms with Gasteiger partial charge in [-0.2, -0.15) is 0 Å². The van der Waals surface area contributed by atoms with Crippen molar-refractivity contribution >= 4 is 29.0 Å². The predicted octanol–water partition coefficient (Wildman–Crippen LogP) is 2.50. The van der Waals surface area contributed by atoms with Crippen molar-refractivity contribution in [2.75, 3.05) is 23.9 Å². The maximum atomic E-state index is 12.1. The van der Waals surface area contributed by atoms with Gasteiger partial charge in [0.05, 0.1) is 18.0 Å². The van der Waals surface area contributed by atoms with Gasteiger partial charge in [-0.15, -0.1) is 11.8 Å². The van der Waals surface area contributed by atoms with Gasteiger partial charge in [-0.3, -0.25) is 4.79 Å². The largest absolute Gasteiger partial charge is 0.494 e. The molecule has 3 N–H and O–H groups in total. The monoisotopic (exact) mass is 266 g/mol. The van der Waals surface area contributed by atoms with Crippen molar-refractivity contribution in [2.24, 2.45) is 0 Å². The Morgan fingerprint density at radius 3 is 3.00 bits per heavy atom. The third kappa shape index (κ3) is 3.10. The Hall–Kier alpha value is -1.36. The molecular weight excluding hydrogens is 248 g/mol. The average Bonchev–Trinajstić information content (AvgIpc) is 2.41. The second kappa shape index (κ2) is 6.00. The molecule has 0 bridgehead atoms. The first-order valence-corrected chi connectivity index (χ1v) is 7.11. The van der Waals surface area contributed by atoms with Crippen molar-refractivity contribution in [2.45, 2.75) is 24.5 Å². The van der Waals surface area contributed by atoms with E-state index in [9.17, 15) is 4.79 Å². The van der Waals surface area contributed by atoms with Crippen molar-refractivity contribution in [3.8, 4) is 5.75 Å². The van der Waals surface area contributed by atoms with E-state index in [-0.39, 0.29) is 11.2 Å². The zero-order valence-corrected chi connectivity index (χ0v) is 11.3. The second-order valence-corrected chi connectivity index (χ2v) is 5.61. The molecule has 5 heteroatoms. The summed E-state index contributed by atoms with van der Waals surface area (Å²) in [4.78, 5) is 12.1. The van der Waals surface area contributed by atoms with Crippen molar-refractivity contribution < 1.29 is 9.53 Å². The lowest BCUT2D eigenvalue weighted by Crippen LogP contribution is -2.27. The molecule has 4 nitrogen and oxygen atoms in total. The molecule has 0 spiro atoms. The third-order valence-electron chi connectivity index (χ3n) is 2.96. The van der Waals surface area contributed by atoms with Gasteiger partial charge in [-0.1, -0.05) is 6.42 Å². The van der Waals surface area contributed by atoms with Gasteiger partial charge >= 0.3 is 0 Å². The van der Waals surface area contributed by atoms with E-state index in [1.165, 1.54) is 6.42 Å². The van der Waals surface area contributed by atoms with Crippen molar-refractivity contribution in [1.29, 1.82) is 0 Å². The van der Waals surface area contributed by atoms with E-state index in [0.717, 1.165) is 18.6 Å². The molecule has 1 aliphatic rings. The van der Waals surface area contributed by atoms with Crippen LogP contribution < -0.4 is 15.8 Å². The number of carbonyl (C=O) groups excluding carboxylic acids is 1. The lowest BCUT2D eigenvalue weighted by molar-refractivity contribution is -0.115. The van der Waals surface area contributed by atoms with Gasteiger partial charge in [-0.25, -0.2) is 0 Å². The first-order chi connectivity index (χ1) is 8.70. The average molecular weight is 266 g/mol. The van der Waals surface area contributed by atoms with Crippen LogP contribution in [0.3, 0.4) is 0 Å². The van der Waals surface area contributed by atoms with Crippen LogP contribution in [0.15, 0.2) is 18.2 Å². The lowest BCUT2D eigenvalue weighted by atomic mass is 10.1. The maximum absolute atomic E-state index is 12.1. The standard InChI is InChI=1S/C13H18N2O2S/c1-17-11-8-9(14)5-6-10(11)15-13(16)12-4-2-3-7-18-12/h5-6,8,12H,2-4,7,14H2,1H3,(H,15,16). The Morgan fingerprint density at radius 2 is 2.33 bits per heavy atom. The molecule has 0 saturated carbocycles. The SMILES string of the molecule is COc1cc(N)ccc1NC(=O)C1CCCCS1. The van der Waals surface area contributed by atoms with Gasteiger partial charge in [0.15, 0.2) is 0 Å². The van der Waals surface area contributed by atoms with Gasteiger partial charge < -0.3 is 15.8 Å². The predicted molar refractivity (Wildman–Crippen MR) is 76.1 cm³/mol. The Kier molecular flexibility index (Phi) is 4.36. The van der Waals surface area contributed by atoms with E-state index in [1.807, 2.05) is 0 Å². The molecule has 2 rings (SSSR count). The number of hydrogen-bond acceptors (Lipinski definition) is 4. The molecule has 1 fully saturated rings. The fourth-order valence-corrected chi connectivity index (χ4v) is 3.17. The Labute approximate surface area is 111 Å². The molecule has 0 radical (unpaired) electrons. The molecule has 1 amide bonds. The van der Waals surface area contributed by atoms with Crippen LogP contribution in [0.1, 0.15) is 19.3 Å². The van der Waals surface area contributed by atoms with Crippen molar-refractivity contribution in [1.82, 2.24) is 0 Å². The van der Waals surface area contributed by atoms with E-state index in [4.69, 9.17) is 10.5 Å². The number of nitrogen functional groups attached to an aromatic ring is 1. The maximum Gasteiger partial charge on any atom is 0.237 e. The van der Waals surface area contributed by atoms with Crippen LogP contribution >= 0.6 is 11.8 Å². The molecule has 0 aliphatic carbocycles. The number of benzene rings is 1. The van der Waals surface area contributed by atoms with Crippen LogP contribution in [-0.2, 0) is 4.79 Å². The van der Waals surface area contributed by atoms with E-state index in [2.05, 4.69) is 5.32 Å². The smallest absolute Gasteiger partial charge is 0.237 e. The fourth-order valence-electron chi connectivity index (χ4n) is 1.97. The third-order valence-corrected chi connectivity index (χ3v) is 4.33. The molecule has 1 saturated heterocycles. The highest BCUT2D eigenvalue weighted by molar-refractivity contribution is 8.00. The number of rotatable bonds is 3. The molecule has 1 aromatic rings. The van der Waals surface area contributed by atoms with E-state index < -0.39 is 0 Å². The summed E-state index contributed by atoms with van der Waals surface area (Å²) in [7, 11) is 1.57. The molecule has 1 aromatic carbocycles. The zero-order chi connectivity index (χ0) is 13.0. The molecule has 0 aromatic heterocycles. The molecule has 1 unspecified atom stereocenters. The van der Waals surface area contributed by atoms with E-state index >= 15 is 0 Å². The Morgan fingerprint density at radius 1 is 1.50 bits per heavy atom. The number of amides is 1. The number of methoxy groups -OCH3 is 1. The first-order valence-electron chi connectivity index (χ1n) is 6.06. The highest BCUT2D eigenvalue weighted by Crippen LogP contribution is 2.30. The fraction of sp³-hybridized carbons (Fsp3) is 0.462. The van der Waals surface area contributed by atoms with Crippen LogP contribution in [0.25, 0.3) is 0 Å². The van der Waals surface area contributed by atoms with E-state index in [1.54, 1.807) is 37.1 Å². The zero-order valence-electron chi connectivity index (χ0n) is 10.4. The van der Waals surface area contributed by atoms with Gasteiger partial charge in [-0.05, 0) is 30.7 Å². The highest BCUT2D eigenvalue weighted by Gasteiger charge is 2.22. The lowest BCUT2D eigenvalue weighted by Gasteiger charge is -2.21. The molecule has 1 heterocycles. The van der Waals surface area contributed by atoms with Crippen LogP contribution in [0.5, 0.6) is 5.75 Å². The minimum absolute atomic E-state index is 0.0565. The van der Waals surface area contributed by atoms with Crippen LogP contribution in [0.2, 0.25) is 0 Å². The summed E-state index contributed by atoms with van der Waals surface area (Å²) in [6.45, 7) is 0. The number of anilines is 2. The highest BCUT2D eigenvalue weighted by atomic mass is 32.2.